The molecule has 0 aliphatic rings. The van der Waals surface area contributed by atoms with E-state index in [-0.39, 0.29) is 17.2 Å². The number of hydrogen-bond acceptors (Lipinski definition) is 4. The molecule has 0 heterocycles. The number of rotatable bonds is 8. The van der Waals surface area contributed by atoms with Gasteiger partial charge in [0.05, 0.1) is 7.11 Å². The minimum absolute atomic E-state index is 0.0215. The molecule has 136 valence electrons. The maximum absolute atomic E-state index is 12.4. The number of halogens is 3. The van der Waals surface area contributed by atoms with Crippen LogP contribution in [0.15, 0.2) is 41.3 Å². The first-order valence-electron chi connectivity index (χ1n) is 7.18. The van der Waals surface area contributed by atoms with Crippen LogP contribution in [0.25, 0.3) is 0 Å². The van der Waals surface area contributed by atoms with E-state index in [1.807, 2.05) is 6.07 Å². The van der Waals surface area contributed by atoms with Gasteiger partial charge in [-0.25, -0.2) is 13.1 Å². The Balaban J connectivity index is 1.89. The van der Waals surface area contributed by atoms with Crippen LogP contribution in [0.1, 0.15) is 5.56 Å². The highest BCUT2D eigenvalue weighted by Crippen LogP contribution is 2.27. The van der Waals surface area contributed by atoms with E-state index in [1.165, 1.54) is 19.2 Å². The minimum Gasteiger partial charge on any atom is -0.495 e. The van der Waals surface area contributed by atoms with Gasteiger partial charge in [-0.1, -0.05) is 40.9 Å². The van der Waals surface area contributed by atoms with Crippen molar-refractivity contribution in [2.24, 2.45) is 0 Å². The fraction of sp³-hybridized carbons (Fsp3) is 0.250. The van der Waals surface area contributed by atoms with Crippen LogP contribution < -0.4 is 9.46 Å². The Morgan fingerprint density at radius 1 is 1.08 bits per heavy atom. The molecule has 0 saturated carbocycles. The van der Waals surface area contributed by atoms with Crippen LogP contribution in [-0.2, 0) is 15.8 Å². The lowest BCUT2D eigenvalue weighted by Gasteiger charge is -2.11. The van der Waals surface area contributed by atoms with Gasteiger partial charge in [-0.3, -0.25) is 0 Å². The second-order valence-electron chi connectivity index (χ2n) is 4.98. The largest absolute Gasteiger partial charge is 0.495 e. The van der Waals surface area contributed by atoms with Crippen LogP contribution in [-0.4, -0.2) is 27.8 Å². The van der Waals surface area contributed by atoms with Crippen molar-refractivity contribution in [3.05, 3.63) is 57.0 Å². The van der Waals surface area contributed by atoms with Crippen molar-refractivity contribution < 1.29 is 13.2 Å². The number of thioether (sulfide) groups is 1. The van der Waals surface area contributed by atoms with E-state index in [1.54, 1.807) is 30.0 Å². The number of nitrogens with one attached hydrogen (secondary N) is 1. The summed E-state index contributed by atoms with van der Waals surface area (Å²) in [6, 6.07) is 9.78. The summed E-state index contributed by atoms with van der Waals surface area (Å²) in [6.45, 7) is 0.272. The summed E-state index contributed by atoms with van der Waals surface area (Å²) in [5.41, 5.74) is 0.954. The van der Waals surface area contributed by atoms with Crippen molar-refractivity contribution in [3.8, 4) is 5.75 Å². The first kappa shape index (κ1) is 20.7. The monoisotopic (exact) mass is 439 g/mol. The molecule has 0 bridgehead atoms. The van der Waals surface area contributed by atoms with Crippen molar-refractivity contribution >= 4 is 56.6 Å². The Bertz CT molecular complexity index is 845. The quantitative estimate of drug-likeness (QED) is 0.595. The van der Waals surface area contributed by atoms with Crippen LogP contribution in [0, 0.1) is 0 Å². The maximum Gasteiger partial charge on any atom is 0.244 e. The third kappa shape index (κ3) is 5.94. The van der Waals surface area contributed by atoms with E-state index >= 15 is 0 Å². The fourth-order valence-electron chi connectivity index (χ4n) is 2.01. The lowest BCUT2D eigenvalue weighted by Crippen LogP contribution is -2.26. The molecule has 0 atom stereocenters. The molecule has 0 aliphatic carbocycles. The molecular weight excluding hydrogens is 425 g/mol. The van der Waals surface area contributed by atoms with Gasteiger partial charge in [0.25, 0.3) is 0 Å². The molecule has 2 aromatic carbocycles. The number of benzene rings is 2. The molecule has 0 spiro atoms. The molecule has 0 radical (unpaired) electrons. The Morgan fingerprint density at radius 2 is 1.76 bits per heavy atom. The molecule has 2 rings (SSSR count). The van der Waals surface area contributed by atoms with Crippen LogP contribution in [0.5, 0.6) is 5.75 Å². The zero-order chi connectivity index (χ0) is 18.4. The molecule has 1 N–H and O–H groups in total. The van der Waals surface area contributed by atoms with Crippen molar-refractivity contribution in [2.45, 2.75) is 10.6 Å². The van der Waals surface area contributed by atoms with Gasteiger partial charge in [0, 0.05) is 33.1 Å². The highest BCUT2D eigenvalue weighted by Gasteiger charge is 2.19. The van der Waals surface area contributed by atoms with Crippen molar-refractivity contribution in [1.82, 2.24) is 4.72 Å². The SMILES string of the molecule is COc1ccc(Cl)cc1S(=O)(=O)NCCSCc1ccc(Cl)cc1Cl. The molecule has 0 aromatic heterocycles. The Morgan fingerprint density at radius 3 is 2.44 bits per heavy atom. The van der Waals surface area contributed by atoms with Crippen molar-refractivity contribution in [3.63, 3.8) is 0 Å². The van der Waals surface area contributed by atoms with Gasteiger partial charge in [0.2, 0.25) is 10.0 Å². The predicted molar refractivity (Wildman–Crippen MR) is 106 cm³/mol. The summed E-state index contributed by atoms with van der Waals surface area (Å²) >= 11 is 19.4. The molecule has 2 aromatic rings. The van der Waals surface area contributed by atoms with Crippen LogP contribution >= 0.6 is 46.6 Å². The van der Waals surface area contributed by atoms with Gasteiger partial charge < -0.3 is 4.74 Å². The second-order valence-corrected chi connectivity index (χ2v) is 9.10. The summed E-state index contributed by atoms with van der Waals surface area (Å²) in [6.07, 6.45) is 0. The van der Waals surface area contributed by atoms with E-state index < -0.39 is 10.0 Å². The minimum atomic E-state index is -3.70. The van der Waals surface area contributed by atoms with Gasteiger partial charge in [0.1, 0.15) is 10.6 Å². The molecule has 0 aliphatic heterocycles. The van der Waals surface area contributed by atoms with E-state index in [0.717, 1.165) is 5.56 Å². The number of ether oxygens (including phenoxy) is 1. The van der Waals surface area contributed by atoms with Crippen molar-refractivity contribution in [2.75, 3.05) is 19.4 Å². The van der Waals surface area contributed by atoms with E-state index in [2.05, 4.69) is 4.72 Å². The standard InChI is InChI=1S/C16H16Cl3NO3S2/c1-23-15-5-4-13(18)9-16(15)25(21,22)20-6-7-24-10-11-2-3-12(17)8-14(11)19/h2-5,8-9,20H,6-7,10H2,1H3. The average molecular weight is 441 g/mol. The van der Waals surface area contributed by atoms with Gasteiger partial charge in [-0.2, -0.15) is 11.8 Å². The second kappa shape index (κ2) is 9.35. The molecule has 0 saturated heterocycles. The van der Waals surface area contributed by atoms with Gasteiger partial charge in [-0.15, -0.1) is 0 Å². The Kier molecular flexibility index (Phi) is 7.73. The smallest absolute Gasteiger partial charge is 0.244 e. The number of methoxy groups -OCH3 is 1. The van der Waals surface area contributed by atoms with E-state index in [0.29, 0.717) is 26.6 Å². The molecule has 4 nitrogen and oxygen atoms in total. The van der Waals surface area contributed by atoms with Gasteiger partial charge >= 0.3 is 0 Å². The van der Waals surface area contributed by atoms with Crippen molar-refractivity contribution in [1.29, 1.82) is 0 Å². The maximum atomic E-state index is 12.4. The summed E-state index contributed by atoms with van der Waals surface area (Å²) in [7, 11) is -2.29. The van der Waals surface area contributed by atoms with E-state index in [9.17, 15) is 8.42 Å². The number of sulfonamides is 1. The van der Waals surface area contributed by atoms with Gasteiger partial charge in [-0.05, 0) is 35.9 Å². The lowest BCUT2D eigenvalue weighted by atomic mass is 10.2. The highest BCUT2D eigenvalue weighted by atomic mass is 35.5. The van der Waals surface area contributed by atoms with Crippen LogP contribution in [0.3, 0.4) is 0 Å². The molecule has 9 heteroatoms. The molecule has 0 fully saturated rings. The first-order valence-corrected chi connectivity index (χ1v) is 11.0. The summed E-state index contributed by atoms with van der Waals surface area (Å²) in [5.74, 6) is 1.50. The summed E-state index contributed by atoms with van der Waals surface area (Å²) in [5, 5.41) is 1.51. The predicted octanol–water partition coefficient (Wildman–Crippen LogP) is 4.87. The topological polar surface area (TPSA) is 55.4 Å². The molecule has 0 amide bonds. The zero-order valence-corrected chi connectivity index (χ0v) is 17.2. The van der Waals surface area contributed by atoms with E-state index in [4.69, 9.17) is 39.5 Å². The summed E-state index contributed by atoms with van der Waals surface area (Å²) in [4.78, 5) is 0.0215. The first-order chi connectivity index (χ1) is 11.8. The molecule has 25 heavy (non-hydrogen) atoms. The average Bonchev–Trinajstić information content (AvgIpc) is 2.56. The highest BCUT2D eigenvalue weighted by molar-refractivity contribution is 7.98. The fourth-order valence-corrected chi connectivity index (χ4v) is 5.01. The third-order valence-electron chi connectivity index (χ3n) is 3.23. The molecule has 0 unspecified atom stereocenters. The normalized spacial score (nSPS) is 11.5. The Hall–Kier alpha value is -0.630. The lowest BCUT2D eigenvalue weighted by molar-refractivity contribution is 0.402. The van der Waals surface area contributed by atoms with Crippen LogP contribution in [0.4, 0.5) is 0 Å². The van der Waals surface area contributed by atoms with Gasteiger partial charge in [0.15, 0.2) is 0 Å². The third-order valence-corrected chi connectivity index (χ3v) is 6.54. The molecular formula is C16H16Cl3NO3S2. The zero-order valence-electron chi connectivity index (χ0n) is 13.3. The Labute approximate surface area is 166 Å². The number of hydrogen-bond donors (Lipinski definition) is 1. The summed E-state index contributed by atoms with van der Waals surface area (Å²) < 4.78 is 32.4. The van der Waals surface area contributed by atoms with Crippen LogP contribution in [0.2, 0.25) is 15.1 Å².